The lowest BCUT2D eigenvalue weighted by Crippen LogP contribution is -2.37. The van der Waals surface area contributed by atoms with Gasteiger partial charge < -0.3 is 14.4 Å². The number of sulfonamides is 1. The van der Waals surface area contributed by atoms with Crippen molar-refractivity contribution >= 4 is 10.0 Å². The number of aliphatic hydroxyl groups is 1. The predicted octanol–water partition coefficient (Wildman–Crippen LogP) is 0.925. The topological polar surface area (TPSA) is 82.8 Å². The van der Waals surface area contributed by atoms with Crippen molar-refractivity contribution in [1.82, 2.24) is 9.62 Å². The van der Waals surface area contributed by atoms with Gasteiger partial charge >= 0.3 is 0 Å². The summed E-state index contributed by atoms with van der Waals surface area (Å²) in [7, 11) is -1.59. The second kappa shape index (κ2) is 6.71. The van der Waals surface area contributed by atoms with E-state index in [4.69, 9.17) is 9.52 Å². The van der Waals surface area contributed by atoms with Gasteiger partial charge in [-0.05, 0) is 32.0 Å². The van der Waals surface area contributed by atoms with Gasteiger partial charge in [0.25, 0.3) is 10.0 Å². The summed E-state index contributed by atoms with van der Waals surface area (Å²) in [4.78, 5) is 2.21. The molecule has 0 saturated heterocycles. The predicted molar refractivity (Wildman–Crippen MR) is 74.7 cm³/mol. The van der Waals surface area contributed by atoms with Crippen LogP contribution < -0.4 is 4.72 Å². The van der Waals surface area contributed by atoms with Crippen molar-refractivity contribution in [2.24, 2.45) is 0 Å². The van der Waals surface area contributed by atoms with Crippen molar-refractivity contribution in [3.63, 3.8) is 0 Å². The van der Waals surface area contributed by atoms with E-state index in [-0.39, 0.29) is 17.5 Å². The SMILES string of the molecule is CN(CCNS(=O)(=O)c1ccc(CO)o1)C1CCCC1. The minimum absolute atomic E-state index is 0.148. The molecule has 0 unspecified atom stereocenters. The Morgan fingerprint density at radius 3 is 2.70 bits per heavy atom. The number of nitrogens with zero attached hydrogens (tertiary/aromatic N) is 1. The molecule has 7 heteroatoms. The van der Waals surface area contributed by atoms with Crippen molar-refractivity contribution in [3.8, 4) is 0 Å². The van der Waals surface area contributed by atoms with Crippen LogP contribution in [0.1, 0.15) is 31.4 Å². The van der Waals surface area contributed by atoms with Crippen LogP contribution in [0.25, 0.3) is 0 Å². The summed E-state index contributed by atoms with van der Waals surface area (Å²) in [5, 5.41) is 8.72. The van der Waals surface area contributed by atoms with Gasteiger partial charge in [-0.2, -0.15) is 0 Å². The monoisotopic (exact) mass is 302 g/mol. The quantitative estimate of drug-likeness (QED) is 0.783. The molecular formula is C13H22N2O4S. The standard InChI is InChI=1S/C13H22N2O4S/c1-15(11-4-2-3-5-11)9-8-14-20(17,18)13-7-6-12(10-16)19-13/h6-7,11,14,16H,2-5,8-10H2,1H3. The van der Waals surface area contributed by atoms with E-state index < -0.39 is 10.0 Å². The van der Waals surface area contributed by atoms with Crippen LogP contribution >= 0.6 is 0 Å². The zero-order valence-electron chi connectivity index (χ0n) is 11.7. The summed E-state index contributed by atoms with van der Waals surface area (Å²) in [6.07, 6.45) is 4.91. The first kappa shape index (κ1) is 15.5. The third kappa shape index (κ3) is 3.82. The van der Waals surface area contributed by atoms with Crippen LogP contribution in [-0.4, -0.2) is 44.6 Å². The smallest absolute Gasteiger partial charge is 0.274 e. The molecule has 1 aliphatic carbocycles. The van der Waals surface area contributed by atoms with Gasteiger partial charge in [-0.25, -0.2) is 13.1 Å². The molecule has 2 rings (SSSR count). The molecule has 114 valence electrons. The highest BCUT2D eigenvalue weighted by Crippen LogP contribution is 2.22. The van der Waals surface area contributed by atoms with E-state index in [9.17, 15) is 8.42 Å². The Hall–Kier alpha value is -0.890. The summed E-state index contributed by atoms with van der Waals surface area (Å²) in [5.41, 5.74) is 0. The number of hydrogen-bond acceptors (Lipinski definition) is 5. The van der Waals surface area contributed by atoms with Crippen LogP contribution in [0.5, 0.6) is 0 Å². The van der Waals surface area contributed by atoms with Crippen molar-refractivity contribution < 1.29 is 17.9 Å². The Morgan fingerprint density at radius 1 is 1.40 bits per heavy atom. The summed E-state index contributed by atoms with van der Waals surface area (Å²) >= 11 is 0. The molecule has 1 fully saturated rings. The molecule has 6 nitrogen and oxygen atoms in total. The van der Waals surface area contributed by atoms with Crippen LogP contribution in [0.4, 0.5) is 0 Å². The molecule has 1 aliphatic rings. The average molecular weight is 302 g/mol. The first-order valence-corrected chi connectivity index (χ1v) is 8.41. The highest BCUT2D eigenvalue weighted by Gasteiger charge is 2.21. The molecule has 0 radical (unpaired) electrons. The van der Waals surface area contributed by atoms with Crippen LogP contribution in [0.2, 0.25) is 0 Å². The molecule has 20 heavy (non-hydrogen) atoms. The Labute approximate surface area is 119 Å². The van der Waals surface area contributed by atoms with Gasteiger partial charge in [-0.1, -0.05) is 12.8 Å². The van der Waals surface area contributed by atoms with Gasteiger partial charge in [-0.3, -0.25) is 0 Å². The minimum Gasteiger partial charge on any atom is -0.446 e. The second-order valence-electron chi connectivity index (χ2n) is 5.20. The summed E-state index contributed by atoms with van der Waals surface area (Å²) < 4.78 is 31.5. The van der Waals surface area contributed by atoms with Gasteiger partial charge in [0.1, 0.15) is 12.4 Å². The van der Waals surface area contributed by atoms with Crippen molar-refractivity contribution in [1.29, 1.82) is 0 Å². The van der Waals surface area contributed by atoms with E-state index >= 15 is 0 Å². The van der Waals surface area contributed by atoms with Crippen LogP contribution in [0.3, 0.4) is 0 Å². The fourth-order valence-electron chi connectivity index (χ4n) is 2.54. The molecule has 2 N–H and O–H groups in total. The van der Waals surface area contributed by atoms with Gasteiger partial charge in [0, 0.05) is 19.1 Å². The van der Waals surface area contributed by atoms with Crippen LogP contribution in [-0.2, 0) is 16.6 Å². The van der Waals surface area contributed by atoms with Crippen molar-refractivity contribution in [3.05, 3.63) is 17.9 Å². The van der Waals surface area contributed by atoms with Gasteiger partial charge in [0.2, 0.25) is 5.09 Å². The van der Waals surface area contributed by atoms with E-state index in [1.165, 1.54) is 37.8 Å². The first-order chi connectivity index (χ1) is 9.53. The average Bonchev–Trinajstić information content (AvgIpc) is 3.10. The first-order valence-electron chi connectivity index (χ1n) is 6.92. The van der Waals surface area contributed by atoms with Gasteiger partial charge in [-0.15, -0.1) is 0 Å². The third-order valence-corrected chi connectivity index (χ3v) is 5.10. The van der Waals surface area contributed by atoms with E-state index in [0.29, 0.717) is 19.1 Å². The maximum atomic E-state index is 12.0. The molecule has 1 aromatic heterocycles. The lowest BCUT2D eigenvalue weighted by Gasteiger charge is -2.23. The number of nitrogens with one attached hydrogen (secondary N) is 1. The zero-order chi connectivity index (χ0) is 14.6. The van der Waals surface area contributed by atoms with Crippen molar-refractivity contribution in [2.45, 2.75) is 43.4 Å². The third-order valence-electron chi connectivity index (χ3n) is 3.76. The molecule has 0 spiro atoms. The zero-order valence-corrected chi connectivity index (χ0v) is 12.5. The molecule has 1 heterocycles. The molecule has 1 saturated carbocycles. The highest BCUT2D eigenvalue weighted by molar-refractivity contribution is 7.89. The summed E-state index contributed by atoms with van der Waals surface area (Å²) in [6.45, 7) is 0.724. The molecule has 0 amide bonds. The van der Waals surface area contributed by atoms with E-state index in [1.807, 2.05) is 7.05 Å². The number of rotatable bonds is 7. The Balaban J connectivity index is 1.83. The number of aliphatic hydroxyl groups excluding tert-OH is 1. The summed E-state index contributed by atoms with van der Waals surface area (Å²) in [5.74, 6) is 0.244. The normalized spacial score (nSPS) is 17.1. The van der Waals surface area contributed by atoms with E-state index in [1.54, 1.807) is 0 Å². The van der Waals surface area contributed by atoms with Crippen LogP contribution in [0, 0.1) is 0 Å². The molecule has 0 atom stereocenters. The Morgan fingerprint density at radius 2 is 2.10 bits per heavy atom. The second-order valence-corrected chi connectivity index (χ2v) is 6.89. The molecule has 0 bridgehead atoms. The van der Waals surface area contributed by atoms with E-state index in [0.717, 1.165) is 0 Å². The molecule has 1 aromatic rings. The maximum absolute atomic E-state index is 12.0. The Kier molecular flexibility index (Phi) is 5.20. The lowest BCUT2D eigenvalue weighted by atomic mass is 10.2. The number of hydrogen-bond donors (Lipinski definition) is 2. The fraction of sp³-hybridized carbons (Fsp3) is 0.692. The van der Waals surface area contributed by atoms with Gasteiger partial charge in [0.15, 0.2) is 0 Å². The van der Waals surface area contributed by atoms with Gasteiger partial charge in [0.05, 0.1) is 0 Å². The summed E-state index contributed by atoms with van der Waals surface area (Å²) in [6, 6.07) is 3.39. The minimum atomic E-state index is -3.62. The number of furan rings is 1. The van der Waals surface area contributed by atoms with Crippen LogP contribution in [0.15, 0.2) is 21.6 Å². The number of likely N-dealkylation sites (N-methyl/N-ethyl adjacent to an activating group) is 1. The fourth-order valence-corrected chi connectivity index (χ4v) is 3.51. The highest BCUT2D eigenvalue weighted by atomic mass is 32.2. The molecule has 0 aromatic carbocycles. The molecule has 0 aliphatic heterocycles. The Bertz CT molecular complexity index is 520. The maximum Gasteiger partial charge on any atom is 0.274 e. The largest absolute Gasteiger partial charge is 0.446 e. The molecular weight excluding hydrogens is 280 g/mol. The van der Waals surface area contributed by atoms with Crippen molar-refractivity contribution in [2.75, 3.05) is 20.1 Å². The lowest BCUT2D eigenvalue weighted by molar-refractivity contribution is 0.235. The van der Waals surface area contributed by atoms with E-state index in [2.05, 4.69) is 9.62 Å².